The molecule has 122 valence electrons. The number of para-hydroxylation sites is 1. The van der Waals surface area contributed by atoms with Gasteiger partial charge in [-0.05, 0) is 36.4 Å². The van der Waals surface area contributed by atoms with Crippen LogP contribution in [0.3, 0.4) is 0 Å². The first-order chi connectivity index (χ1) is 11.7. The van der Waals surface area contributed by atoms with Crippen LogP contribution in [0.5, 0.6) is 11.5 Å². The van der Waals surface area contributed by atoms with Crippen molar-refractivity contribution in [3.63, 3.8) is 0 Å². The lowest BCUT2D eigenvalue weighted by atomic mass is 10.1. The van der Waals surface area contributed by atoms with Gasteiger partial charge >= 0.3 is 0 Å². The third kappa shape index (κ3) is 3.22. The number of hydrogen-bond donors (Lipinski definition) is 2. The molecule has 0 fully saturated rings. The quantitative estimate of drug-likeness (QED) is 0.755. The first-order valence-corrected chi connectivity index (χ1v) is 7.35. The van der Waals surface area contributed by atoms with Crippen molar-refractivity contribution in [2.24, 2.45) is 0 Å². The molecule has 3 rings (SSSR count). The number of nitrogens with zero attached hydrogens (tertiary/aromatic N) is 1. The fourth-order valence-corrected chi connectivity index (χ4v) is 2.30. The predicted molar refractivity (Wildman–Crippen MR) is 91.5 cm³/mol. The van der Waals surface area contributed by atoms with Crippen LogP contribution in [0.4, 0.5) is 5.69 Å². The Morgan fingerprint density at radius 2 is 1.75 bits per heavy atom. The molecule has 0 aliphatic heterocycles. The monoisotopic (exact) mass is 323 g/mol. The van der Waals surface area contributed by atoms with Crippen molar-refractivity contribution in [1.29, 1.82) is 0 Å². The zero-order valence-electron chi connectivity index (χ0n) is 13.4. The zero-order chi connectivity index (χ0) is 16.9. The van der Waals surface area contributed by atoms with Gasteiger partial charge in [-0.1, -0.05) is 18.2 Å². The minimum atomic E-state index is -0.250. The number of rotatable bonds is 5. The number of nitrogens with one attached hydrogen (secondary N) is 2. The van der Waals surface area contributed by atoms with Gasteiger partial charge in [0.15, 0.2) is 11.5 Å². The highest BCUT2D eigenvalue weighted by Crippen LogP contribution is 2.31. The van der Waals surface area contributed by atoms with Gasteiger partial charge in [0.05, 0.1) is 19.9 Å². The van der Waals surface area contributed by atoms with E-state index in [1.807, 2.05) is 42.5 Å². The van der Waals surface area contributed by atoms with E-state index in [9.17, 15) is 4.79 Å². The Balaban J connectivity index is 1.81. The highest BCUT2D eigenvalue weighted by atomic mass is 16.5. The van der Waals surface area contributed by atoms with E-state index >= 15 is 0 Å². The molecular weight excluding hydrogens is 306 g/mol. The van der Waals surface area contributed by atoms with Crippen molar-refractivity contribution in [2.75, 3.05) is 19.5 Å². The van der Waals surface area contributed by atoms with E-state index in [2.05, 4.69) is 15.5 Å². The lowest BCUT2D eigenvalue weighted by Gasteiger charge is -2.08. The number of hydrogen-bond acceptors (Lipinski definition) is 4. The van der Waals surface area contributed by atoms with Gasteiger partial charge in [0, 0.05) is 11.3 Å². The lowest BCUT2D eigenvalue weighted by Crippen LogP contribution is -2.12. The van der Waals surface area contributed by atoms with E-state index in [-0.39, 0.29) is 5.91 Å². The van der Waals surface area contributed by atoms with Crippen molar-refractivity contribution >= 4 is 11.6 Å². The van der Waals surface area contributed by atoms with Crippen molar-refractivity contribution in [1.82, 2.24) is 10.2 Å². The van der Waals surface area contributed by atoms with Crippen LogP contribution < -0.4 is 14.8 Å². The summed E-state index contributed by atoms with van der Waals surface area (Å²) in [6, 6.07) is 16.4. The summed E-state index contributed by atoms with van der Waals surface area (Å²) in [5, 5.41) is 9.76. The van der Waals surface area contributed by atoms with Crippen molar-refractivity contribution in [2.45, 2.75) is 0 Å². The van der Waals surface area contributed by atoms with E-state index in [4.69, 9.17) is 9.47 Å². The summed E-state index contributed by atoms with van der Waals surface area (Å²) in [5.74, 6) is 0.993. The van der Waals surface area contributed by atoms with Crippen LogP contribution in [-0.2, 0) is 0 Å². The second-order valence-electron chi connectivity index (χ2n) is 5.06. The molecule has 2 N–H and O–H groups in total. The minimum Gasteiger partial charge on any atom is -0.493 e. The minimum absolute atomic E-state index is 0.250. The Morgan fingerprint density at radius 3 is 2.46 bits per heavy atom. The SMILES string of the molecule is COc1ccc(-c2cc(C(=O)Nc3ccccc3)[nH]n2)cc1OC. The standard InChI is InChI=1S/C18H17N3O3/c1-23-16-9-8-12(10-17(16)24-2)14-11-15(21-20-14)18(22)19-13-6-4-3-5-7-13/h3-11H,1-2H3,(H,19,22)(H,20,21). The Morgan fingerprint density at radius 1 is 1.00 bits per heavy atom. The van der Waals surface area contributed by atoms with Crippen LogP contribution in [0.15, 0.2) is 54.6 Å². The summed E-state index contributed by atoms with van der Waals surface area (Å²) < 4.78 is 10.5. The maximum Gasteiger partial charge on any atom is 0.273 e. The molecule has 0 aliphatic carbocycles. The van der Waals surface area contributed by atoms with Crippen LogP contribution in [0.25, 0.3) is 11.3 Å². The Hall–Kier alpha value is -3.28. The number of methoxy groups -OCH3 is 2. The molecule has 0 saturated carbocycles. The van der Waals surface area contributed by atoms with E-state index in [0.29, 0.717) is 22.9 Å². The first kappa shape index (κ1) is 15.6. The molecule has 0 atom stereocenters. The summed E-state index contributed by atoms with van der Waals surface area (Å²) in [7, 11) is 3.16. The maximum absolute atomic E-state index is 12.3. The summed E-state index contributed by atoms with van der Waals surface area (Å²) >= 11 is 0. The molecule has 2 aromatic carbocycles. The summed E-state index contributed by atoms with van der Waals surface area (Å²) in [5.41, 5.74) is 2.57. The largest absolute Gasteiger partial charge is 0.493 e. The molecule has 0 unspecified atom stereocenters. The third-order valence-electron chi connectivity index (χ3n) is 3.53. The number of anilines is 1. The van der Waals surface area contributed by atoms with Crippen molar-refractivity contribution in [3.8, 4) is 22.8 Å². The van der Waals surface area contributed by atoms with Crippen LogP contribution in [-0.4, -0.2) is 30.3 Å². The maximum atomic E-state index is 12.3. The Kier molecular flexibility index (Phi) is 4.47. The Bertz CT molecular complexity index is 844. The number of aromatic amines is 1. The van der Waals surface area contributed by atoms with Gasteiger partial charge in [-0.25, -0.2) is 0 Å². The first-order valence-electron chi connectivity index (χ1n) is 7.35. The molecule has 1 amide bonds. The molecule has 0 bridgehead atoms. The van der Waals surface area contributed by atoms with Gasteiger partial charge in [0.2, 0.25) is 0 Å². The second-order valence-corrected chi connectivity index (χ2v) is 5.06. The number of aromatic nitrogens is 2. The average Bonchev–Trinajstić information content (AvgIpc) is 3.12. The number of H-pyrrole nitrogens is 1. The van der Waals surface area contributed by atoms with Crippen LogP contribution in [0.2, 0.25) is 0 Å². The normalized spacial score (nSPS) is 10.2. The molecule has 6 heteroatoms. The van der Waals surface area contributed by atoms with Gasteiger partial charge in [0.25, 0.3) is 5.91 Å². The van der Waals surface area contributed by atoms with Crippen LogP contribution >= 0.6 is 0 Å². The summed E-state index contributed by atoms with van der Waals surface area (Å²) in [4.78, 5) is 12.3. The number of ether oxygens (including phenoxy) is 2. The smallest absolute Gasteiger partial charge is 0.273 e. The fourth-order valence-electron chi connectivity index (χ4n) is 2.30. The molecule has 0 spiro atoms. The van der Waals surface area contributed by atoms with Crippen LogP contribution in [0.1, 0.15) is 10.5 Å². The molecule has 1 heterocycles. The number of carbonyl (C=O) groups excluding carboxylic acids is 1. The molecule has 6 nitrogen and oxygen atoms in total. The van der Waals surface area contributed by atoms with Gasteiger partial charge in [-0.15, -0.1) is 0 Å². The van der Waals surface area contributed by atoms with Gasteiger partial charge in [-0.2, -0.15) is 5.10 Å². The lowest BCUT2D eigenvalue weighted by molar-refractivity contribution is 0.102. The molecule has 0 aliphatic rings. The van der Waals surface area contributed by atoms with Gasteiger partial charge < -0.3 is 14.8 Å². The molecule has 1 aromatic heterocycles. The van der Waals surface area contributed by atoms with Crippen LogP contribution in [0, 0.1) is 0 Å². The second kappa shape index (κ2) is 6.87. The zero-order valence-corrected chi connectivity index (χ0v) is 13.4. The predicted octanol–water partition coefficient (Wildman–Crippen LogP) is 3.35. The average molecular weight is 323 g/mol. The van der Waals surface area contributed by atoms with Gasteiger partial charge in [-0.3, -0.25) is 9.89 Å². The van der Waals surface area contributed by atoms with Crippen molar-refractivity contribution < 1.29 is 14.3 Å². The van der Waals surface area contributed by atoms with Gasteiger partial charge in [0.1, 0.15) is 5.69 Å². The topological polar surface area (TPSA) is 76.2 Å². The van der Waals surface area contributed by atoms with E-state index in [0.717, 1.165) is 11.3 Å². The molecule has 0 saturated heterocycles. The molecule has 0 radical (unpaired) electrons. The number of amides is 1. The van der Waals surface area contributed by atoms with E-state index in [1.165, 1.54) is 0 Å². The van der Waals surface area contributed by atoms with E-state index in [1.54, 1.807) is 26.4 Å². The molecule has 3 aromatic rings. The Labute approximate surface area is 139 Å². The van der Waals surface area contributed by atoms with E-state index < -0.39 is 0 Å². The van der Waals surface area contributed by atoms with Crippen molar-refractivity contribution in [3.05, 3.63) is 60.3 Å². The third-order valence-corrected chi connectivity index (χ3v) is 3.53. The highest BCUT2D eigenvalue weighted by Gasteiger charge is 2.13. The molecular formula is C18H17N3O3. The number of carbonyl (C=O) groups is 1. The highest BCUT2D eigenvalue weighted by molar-refractivity contribution is 6.03. The summed E-state index contributed by atoms with van der Waals surface area (Å²) in [6.07, 6.45) is 0. The number of benzene rings is 2. The molecule has 24 heavy (non-hydrogen) atoms. The fraction of sp³-hybridized carbons (Fsp3) is 0.111. The summed E-state index contributed by atoms with van der Waals surface area (Å²) in [6.45, 7) is 0.